The molecule has 2 heterocycles. The zero-order valence-electron chi connectivity index (χ0n) is 19.2. The van der Waals surface area contributed by atoms with Crippen LogP contribution in [0.3, 0.4) is 0 Å². The van der Waals surface area contributed by atoms with Gasteiger partial charge in [-0.25, -0.2) is 4.68 Å². The Morgan fingerprint density at radius 2 is 1.69 bits per heavy atom. The molecule has 3 aromatic carbocycles. The number of methoxy groups -OCH3 is 2. The molecule has 0 spiro atoms. The molecular formula is C26H22N4O4S. The summed E-state index contributed by atoms with van der Waals surface area (Å²) in [6.45, 7) is 0.336. The molecule has 35 heavy (non-hydrogen) atoms. The predicted molar refractivity (Wildman–Crippen MR) is 134 cm³/mol. The minimum atomic E-state index is -0.174. The monoisotopic (exact) mass is 486 g/mol. The maximum Gasteiger partial charge on any atom is 0.277 e. The molecular weight excluding hydrogens is 464 g/mol. The Morgan fingerprint density at radius 1 is 0.914 bits per heavy atom. The third-order valence-corrected chi connectivity index (χ3v) is 6.36. The molecule has 176 valence electrons. The van der Waals surface area contributed by atoms with Crippen molar-refractivity contribution in [1.29, 1.82) is 0 Å². The second kappa shape index (κ2) is 10.0. The molecule has 0 aliphatic heterocycles. The molecule has 5 rings (SSSR count). The molecule has 0 aliphatic rings. The third kappa shape index (κ3) is 4.76. The van der Waals surface area contributed by atoms with Gasteiger partial charge in [0.2, 0.25) is 0 Å². The van der Waals surface area contributed by atoms with Gasteiger partial charge in [0.25, 0.3) is 16.7 Å². The summed E-state index contributed by atoms with van der Waals surface area (Å²) < 4.78 is 18.2. The number of aromatic nitrogens is 4. The zero-order valence-corrected chi connectivity index (χ0v) is 20.0. The fourth-order valence-corrected chi connectivity index (χ4v) is 4.50. The standard InChI is InChI=1S/C26H22N4O4S/c1-32-19-12-13-22(33-2)18(14-19)16-35-26-28-27-24(34-26)23-20-10-6-7-11-21(20)25(31)30(29-23)15-17-8-4-3-5-9-17/h3-14H,15-16H2,1-2H3. The molecule has 0 amide bonds. The van der Waals surface area contributed by atoms with Crippen LogP contribution in [-0.2, 0) is 12.3 Å². The van der Waals surface area contributed by atoms with E-state index in [0.717, 1.165) is 22.6 Å². The van der Waals surface area contributed by atoms with Gasteiger partial charge in [0.15, 0.2) is 5.69 Å². The van der Waals surface area contributed by atoms with Gasteiger partial charge >= 0.3 is 0 Å². The number of fused-ring (bicyclic) bond motifs is 1. The number of benzene rings is 3. The lowest BCUT2D eigenvalue weighted by Gasteiger charge is -2.09. The molecule has 2 aromatic heterocycles. The fraction of sp³-hybridized carbons (Fsp3) is 0.154. The van der Waals surface area contributed by atoms with Gasteiger partial charge in [-0.15, -0.1) is 10.2 Å². The minimum Gasteiger partial charge on any atom is -0.497 e. The van der Waals surface area contributed by atoms with Crippen LogP contribution < -0.4 is 15.0 Å². The Bertz CT molecular complexity index is 1530. The topological polar surface area (TPSA) is 92.3 Å². The molecule has 0 atom stereocenters. The first-order valence-corrected chi connectivity index (χ1v) is 11.9. The quantitative estimate of drug-likeness (QED) is 0.289. The number of hydrogen-bond donors (Lipinski definition) is 0. The van der Waals surface area contributed by atoms with E-state index in [-0.39, 0.29) is 11.4 Å². The molecule has 0 unspecified atom stereocenters. The summed E-state index contributed by atoms with van der Waals surface area (Å²) in [7, 11) is 3.25. The average molecular weight is 487 g/mol. The first kappa shape index (κ1) is 22.7. The highest BCUT2D eigenvalue weighted by Gasteiger charge is 2.18. The number of thioether (sulfide) groups is 1. The molecule has 0 aliphatic carbocycles. The summed E-state index contributed by atoms with van der Waals surface area (Å²) in [5.74, 6) is 2.29. The largest absolute Gasteiger partial charge is 0.497 e. The number of ether oxygens (including phenoxy) is 2. The lowest BCUT2D eigenvalue weighted by molar-refractivity contribution is 0.400. The van der Waals surface area contributed by atoms with Crippen molar-refractivity contribution in [3.8, 4) is 23.1 Å². The SMILES string of the molecule is COc1ccc(OC)c(CSc2nnc(-c3nn(Cc4ccccc4)c(=O)c4ccccc34)o2)c1. The van der Waals surface area contributed by atoms with Crippen molar-refractivity contribution in [2.75, 3.05) is 14.2 Å². The molecule has 8 nitrogen and oxygen atoms in total. The van der Waals surface area contributed by atoms with E-state index in [1.807, 2.05) is 66.7 Å². The molecule has 0 N–H and O–H groups in total. The highest BCUT2D eigenvalue weighted by atomic mass is 32.2. The minimum absolute atomic E-state index is 0.174. The van der Waals surface area contributed by atoms with E-state index in [1.54, 1.807) is 20.3 Å². The van der Waals surface area contributed by atoms with E-state index in [1.165, 1.54) is 16.4 Å². The molecule has 0 radical (unpaired) electrons. The van der Waals surface area contributed by atoms with Gasteiger partial charge in [-0.2, -0.15) is 5.10 Å². The number of nitrogens with zero attached hydrogens (tertiary/aromatic N) is 4. The lowest BCUT2D eigenvalue weighted by Crippen LogP contribution is -2.24. The third-order valence-electron chi connectivity index (χ3n) is 5.49. The zero-order chi connectivity index (χ0) is 24.2. The van der Waals surface area contributed by atoms with Crippen molar-refractivity contribution in [2.24, 2.45) is 0 Å². The Balaban J connectivity index is 1.47. The first-order chi connectivity index (χ1) is 17.2. The van der Waals surface area contributed by atoms with E-state index in [4.69, 9.17) is 13.9 Å². The predicted octanol–water partition coefficient (Wildman–Crippen LogP) is 4.80. The second-order valence-corrected chi connectivity index (χ2v) is 8.61. The Hall–Kier alpha value is -4.11. The maximum atomic E-state index is 13.1. The lowest BCUT2D eigenvalue weighted by atomic mass is 10.1. The van der Waals surface area contributed by atoms with Crippen LogP contribution in [0.4, 0.5) is 0 Å². The summed E-state index contributed by atoms with van der Waals surface area (Å²) in [6, 6.07) is 22.6. The summed E-state index contributed by atoms with van der Waals surface area (Å²) in [4.78, 5) is 13.1. The van der Waals surface area contributed by atoms with Gasteiger partial charge in [-0.3, -0.25) is 4.79 Å². The van der Waals surface area contributed by atoms with Gasteiger partial charge in [-0.05, 0) is 29.8 Å². The van der Waals surface area contributed by atoms with E-state index in [0.29, 0.717) is 34.0 Å². The summed E-state index contributed by atoms with van der Waals surface area (Å²) in [5, 5.41) is 14.6. The van der Waals surface area contributed by atoms with Gasteiger partial charge in [0, 0.05) is 16.7 Å². The van der Waals surface area contributed by atoms with Crippen molar-refractivity contribution < 1.29 is 13.9 Å². The second-order valence-electron chi connectivity index (χ2n) is 7.68. The molecule has 5 aromatic rings. The van der Waals surface area contributed by atoms with Crippen molar-refractivity contribution >= 4 is 22.5 Å². The van der Waals surface area contributed by atoms with Gasteiger partial charge < -0.3 is 13.9 Å². The number of rotatable bonds is 8. The molecule has 0 bridgehead atoms. The van der Waals surface area contributed by atoms with Gasteiger partial charge in [-0.1, -0.05) is 60.3 Å². The molecule has 0 saturated heterocycles. The number of hydrogen-bond acceptors (Lipinski definition) is 8. The molecule has 0 saturated carbocycles. The van der Waals surface area contributed by atoms with Crippen LogP contribution in [0.15, 0.2) is 87.2 Å². The van der Waals surface area contributed by atoms with Crippen LogP contribution in [-0.4, -0.2) is 34.2 Å². The van der Waals surface area contributed by atoms with Gasteiger partial charge in [0.1, 0.15) is 11.5 Å². The van der Waals surface area contributed by atoms with Crippen LogP contribution in [0.2, 0.25) is 0 Å². The Labute approximate surface area is 205 Å². The van der Waals surface area contributed by atoms with Crippen LogP contribution in [0.5, 0.6) is 11.5 Å². The van der Waals surface area contributed by atoms with Crippen molar-refractivity contribution in [3.05, 3.63) is 94.3 Å². The van der Waals surface area contributed by atoms with Crippen molar-refractivity contribution in [3.63, 3.8) is 0 Å². The molecule has 9 heteroatoms. The Kier molecular flexibility index (Phi) is 6.49. The van der Waals surface area contributed by atoms with Crippen molar-refractivity contribution in [1.82, 2.24) is 20.0 Å². The van der Waals surface area contributed by atoms with Gasteiger partial charge in [0.05, 0.1) is 26.2 Å². The highest BCUT2D eigenvalue weighted by molar-refractivity contribution is 7.98. The van der Waals surface area contributed by atoms with E-state index >= 15 is 0 Å². The fourth-order valence-electron chi connectivity index (χ4n) is 3.75. The van der Waals surface area contributed by atoms with Crippen LogP contribution in [0.25, 0.3) is 22.4 Å². The average Bonchev–Trinajstić information content (AvgIpc) is 3.38. The van der Waals surface area contributed by atoms with E-state index < -0.39 is 0 Å². The van der Waals surface area contributed by atoms with E-state index in [2.05, 4.69) is 15.3 Å². The van der Waals surface area contributed by atoms with Crippen molar-refractivity contribution in [2.45, 2.75) is 17.5 Å². The summed E-state index contributed by atoms with van der Waals surface area (Å²) in [5.41, 5.74) is 2.20. The summed E-state index contributed by atoms with van der Waals surface area (Å²) in [6.07, 6.45) is 0. The first-order valence-electron chi connectivity index (χ1n) is 10.9. The smallest absolute Gasteiger partial charge is 0.277 e. The Morgan fingerprint density at radius 3 is 2.46 bits per heavy atom. The maximum absolute atomic E-state index is 13.1. The van der Waals surface area contributed by atoms with Crippen LogP contribution >= 0.6 is 11.8 Å². The van der Waals surface area contributed by atoms with Crippen LogP contribution in [0.1, 0.15) is 11.1 Å². The summed E-state index contributed by atoms with van der Waals surface area (Å²) >= 11 is 1.38. The van der Waals surface area contributed by atoms with E-state index in [9.17, 15) is 4.79 Å². The highest BCUT2D eigenvalue weighted by Crippen LogP contribution is 2.32. The normalized spacial score (nSPS) is 11.0. The van der Waals surface area contributed by atoms with Crippen LogP contribution in [0, 0.1) is 0 Å². The molecule has 0 fully saturated rings.